The van der Waals surface area contributed by atoms with Crippen molar-refractivity contribution in [2.45, 2.75) is 19.9 Å². The van der Waals surface area contributed by atoms with Gasteiger partial charge >= 0.3 is 5.97 Å². The van der Waals surface area contributed by atoms with Crippen LogP contribution in [-0.4, -0.2) is 16.9 Å². The van der Waals surface area contributed by atoms with E-state index in [0.717, 1.165) is 0 Å². The summed E-state index contributed by atoms with van der Waals surface area (Å²) in [6.07, 6.45) is 1.37. The smallest absolute Gasteiger partial charge is 0.330 e. The molecule has 0 aliphatic heterocycles. The van der Waals surface area contributed by atoms with Crippen LogP contribution in [0.5, 0.6) is 0 Å². The summed E-state index contributed by atoms with van der Waals surface area (Å²) in [5.41, 5.74) is 1.19. The minimum Gasteiger partial charge on any atom is -0.479 e. The van der Waals surface area contributed by atoms with Crippen molar-refractivity contribution in [3.8, 4) is 0 Å². The van der Waals surface area contributed by atoms with E-state index in [1.165, 1.54) is 13.0 Å². The molecule has 0 aliphatic rings. The number of benzene rings is 1. The lowest BCUT2D eigenvalue weighted by Crippen LogP contribution is -2.27. The highest BCUT2D eigenvalue weighted by atomic mass is 16.4. The Balaban J connectivity index is 2.89. The Morgan fingerprint density at radius 1 is 1.24 bits per heavy atom. The molecule has 1 aromatic carbocycles. The van der Waals surface area contributed by atoms with Crippen molar-refractivity contribution in [1.29, 1.82) is 0 Å². The fourth-order valence-electron chi connectivity index (χ4n) is 1.51. The molecular weight excluding hydrogens is 218 g/mol. The molecule has 0 radical (unpaired) electrons. The lowest BCUT2D eigenvalue weighted by molar-refractivity contribution is -0.139. The van der Waals surface area contributed by atoms with Gasteiger partial charge in [-0.2, -0.15) is 0 Å². The molecular formula is C13H15NO3. The molecule has 0 saturated heterocycles. The number of hydrogen-bond acceptors (Lipinski definition) is 3. The van der Waals surface area contributed by atoms with Crippen LogP contribution in [0.1, 0.15) is 25.5 Å². The van der Waals surface area contributed by atoms with E-state index in [-0.39, 0.29) is 5.78 Å². The molecule has 0 aliphatic carbocycles. The van der Waals surface area contributed by atoms with Gasteiger partial charge in [0.2, 0.25) is 0 Å². The van der Waals surface area contributed by atoms with E-state index in [9.17, 15) is 9.59 Å². The van der Waals surface area contributed by atoms with Crippen molar-refractivity contribution >= 4 is 11.8 Å². The molecule has 0 heterocycles. The predicted molar refractivity (Wildman–Crippen MR) is 64.4 cm³/mol. The number of allylic oxidation sites excluding steroid dienone is 2. The van der Waals surface area contributed by atoms with Gasteiger partial charge in [0, 0.05) is 5.70 Å². The SMILES string of the molecule is CC(=O)/C=C(\C)N[C@@H](C(=O)O)c1ccccc1. The third kappa shape index (κ3) is 4.10. The maximum absolute atomic E-state index is 11.1. The molecule has 0 unspecified atom stereocenters. The van der Waals surface area contributed by atoms with Crippen molar-refractivity contribution in [3.63, 3.8) is 0 Å². The Kier molecular flexibility index (Phi) is 4.46. The molecule has 1 aromatic rings. The first-order valence-electron chi connectivity index (χ1n) is 5.24. The minimum absolute atomic E-state index is 0.118. The summed E-state index contributed by atoms with van der Waals surface area (Å²) in [5, 5.41) is 11.9. The number of aliphatic carboxylic acids is 1. The number of nitrogens with one attached hydrogen (secondary N) is 1. The second-order valence-corrected chi connectivity index (χ2v) is 3.76. The molecule has 0 saturated carbocycles. The molecule has 17 heavy (non-hydrogen) atoms. The maximum atomic E-state index is 11.1. The zero-order valence-electron chi connectivity index (χ0n) is 9.81. The van der Waals surface area contributed by atoms with Gasteiger partial charge in [0.05, 0.1) is 0 Å². The van der Waals surface area contributed by atoms with Crippen LogP contribution < -0.4 is 5.32 Å². The number of carboxylic acid groups (broad SMARTS) is 1. The second-order valence-electron chi connectivity index (χ2n) is 3.76. The highest BCUT2D eigenvalue weighted by Gasteiger charge is 2.18. The largest absolute Gasteiger partial charge is 0.479 e. The van der Waals surface area contributed by atoms with Crippen LogP contribution in [0.2, 0.25) is 0 Å². The monoisotopic (exact) mass is 233 g/mol. The van der Waals surface area contributed by atoms with Gasteiger partial charge in [0.1, 0.15) is 6.04 Å². The minimum atomic E-state index is -0.979. The highest BCUT2D eigenvalue weighted by Crippen LogP contribution is 2.14. The molecule has 90 valence electrons. The van der Waals surface area contributed by atoms with E-state index < -0.39 is 12.0 Å². The molecule has 0 fully saturated rings. The predicted octanol–water partition coefficient (Wildman–Crippen LogP) is 1.89. The maximum Gasteiger partial charge on any atom is 0.330 e. The van der Waals surface area contributed by atoms with Gasteiger partial charge in [-0.3, -0.25) is 4.79 Å². The summed E-state index contributed by atoms with van der Waals surface area (Å²) < 4.78 is 0. The average Bonchev–Trinajstić information content (AvgIpc) is 2.25. The lowest BCUT2D eigenvalue weighted by Gasteiger charge is -2.16. The van der Waals surface area contributed by atoms with Crippen molar-refractivity contribution in [2.24, 2.45) is 0 Å². The zero-order valence-corrected chi connectivity index (χ0v) is 9.81. The van der Waals surface area contributed by atoms with E-state index >= 15 is 0 Å². The van der Waals surface area contributed by atoms with Gasteiger partial charge in [-0.1, -0.05) is 30.3 Å². The third-order valence-electron chi connectivity index (χ3n) is 2.17. The molecule has 0 spiro atoms. The summed E-state index contributed by atoms with van der Waals surface area (Å²) in [4.78, 5) is 22.0. The normalized spacial score (nSPS) is 12.9. The highest BCUT2D eigenvalue weighted by molar-refractivity contribution is 5.88. The Hall–Kier alpha value is -2.10. The number of ketones is 1. The number of carbonyl (C=O) groups excluding carboxylic acids is 1. The van der Waals surface area contributed by atoms with Gasteiger partial charge in [-0.05, 0) is 25.5 Å². The fourth-order valence-corrected chi connectivity index (χ4v) is 1.51. The Morgan fingerprint density at radius 3 is 2.29 bits per heavy atom. The van der Waals surface area contributed by atoms with E-state index in [1.807, 2.05) is 6.07 Å². The second kappa shape index (κ2) is 5.84. The lowest BCUT2D eigenvalue weighted by atomic mass is 10.1. The van der Waals surface area contributed by atoms with E-state index in [1.54, 1.807) is 31.2 Å². The van der Waals surface area contributed by atoms with Crippen molar-refractivity contribution in [3.05, 3.63) is 47.7 Å². The first-order chi connectivity index (χ1) is 8.00. The first-order valence-corrected chi connectivity index (χ1v) is 5.24. The van der Waals surface area contributed by atoms with Crippen molar-refractivity contribution in [2.75, 3.05) is 0 Å². The molecule has 0 amide bonds. The Bertz CT molecular complexity index is 437. The average molecular weight is 233 g/mol. The number of rotatable bonds is 5. The first kappa shape index (κ1) is 13.0. The van der Waals surface area contributed by atoms with Crippen LogP contribution in [0.15, 0.2) is 42.1 Å². The molecule has 0 aromatic heterocycles. The van der Waals surface area contributed by atoms with Crippen molar-refractivity contribution in [1.82, 2.24) is 5.32 Å². The van der Waals surface area contributed by atoms with E-state index in [4.69, 9.17) is 5.11 Å². The molecule has 0 bridgehead atoms. The molecule has 2 N–H and O–H groups in total. The van der Waals surface area contributed by atoms with Crippen LogP contribution >= 0.6 is 0 Å². The summed E-state index contributed by atoms with van der Waals surface area (Å²) >= 11 is 0. The summed E-state index contributed by atoms with van der Waals surface area (Å²) in [5.74, 6) is -1.10. The number of hydrogen-bond donors (Lipinski definition) is 2. The van der Waals surface area contributed by atoms with Gasteiger partial charge in [0.15, 0.2) is 5.78 Å². The van der Waals surface area contributed by atoms with E-state index in [2.05, 4.69) is 5.32 Å². The fraction of sp³-hybridized carbons (Fsp3) is 0.231. The molecule has 4 heteroatoms. The topological polar surface area (TPSA) is 66.4 Å². The Labute approximate surface area is 100.0 Å². The number of carboxylic acids is 1. The van der Waals surface area contributed by atoms with Gasteiger partial charge in [-0.25, -0.2) is 4.79 Å². The standard InChI is InChI=1S/C13H15NO3/c1-9(8-10(2)15)14-12(13(16)17)11-6-4-3-5-7-11/h3-8,12,14H,1-2H3,(H,16,17)/b9-8+/t12-/m1/s1. The quantitative estimate of drug-likeness (QED) is 0.762. The summed E-state index contributed by atoms with van der Waals surface area (Å²) in [6, 6.07) is 7.99. The third-order valence-corrected chi connectivity index (χ3v) is 2.17. The van der Waals surface area contributed by atoms with Crippen LogP contribution in [0, 0.1) is 0 Å². The van der Waals surface area contributed by atoms with E-state index in [0.29, 0.717) is 11.3 Å². The van der Waals surface area contributed by atoms with Crippen LogP contribution in [0.3, 0.4) is 0 Å². The molecule has 1 rings (SSSR count). The van der Waals surface area contributed by atoms with Crippen LogP contribution in [-0.2, 0) is 9.59 Å². The van der Waals surface area contributed by atoms with Crippen LogP contribution in [0.25, 0.3) is 0 Å². The number of carbonyl (C=O) groups is 2. The van der Waals surface area contributed by atoms with Gasteiger partial charge < -0.3 is 10.4 Å². The van der Waals surface area contributed by atoms with Crippen LogP contribution in [0.4, 0.5) is 0 Å². The van der Waals surface area contributed by atoms with Gasteiger partial charge in [-0.15, -0.1) is 0 Å². The summed E-state index contributed by atoms with van der Waals surface area (Å²) in [7, 11) is 0. The van der Waals surface area contributed by atoms with Gasteiger partial charge in [0.25, 0.3) is 0 Å². The molecule has 4 nitrogen and oxygen atoms in total. The molecule has 1 atom stereocenters. The zero-order chi connectivity index (χ0) is 12.8. The Morgan fingerprint density at radius 2 is 1.82 bits per heavy atom. The summed E-state index contributed by atoms with van der Waals surface area (Å²) in [6.45, 7) is 3.09. The van der Waals surface area contributed by atoms with Crippen molar-refractivity contribution < 1.29 is 14.7 Å².